The summed E-state index contributed by atoms with van der Waals surface area (Å²) in [5.74, 6) is 0.868. The van der Waals surface area contributed by atoms with Crippen LogP contribution in [-0.4, -0.2) is 41.5 Å². The van der Waals surface area contributed by atoms with E-state index in [2.05, 4.69) is 0 Å². The lowest BCUT2D eigenvalue weighted by Gasteiger charge is -2.32. The molecule has 0 aliphatic carbocycles. The third kappa shape index (κ3) is 3.68. The first kappa shape index (κ1) is 17.6. The van der Waals surface area contributed by atoms with Gasteiger partial charge < -0.3 is 14.9 Å². The Morgan fingerprint density at radius 2 is 1.74 bits per heavy atom. The molecule has 27 heavy (non-hydrogen) atoms. The number of hydrogen-bond acceptors (Lipinski definition) is 3. The summed E-state index contributed by atoms with van der Waals surface area (Å²) in [6.45, 7) is 2.17. The van der Waals surface area contributed by atoms with E-state index in [1.165, 1.54) is 5.56 Å². The van der Waals surface area contributed by atoms with Crippen molar-refractivity contribution in [1.82, 2.24) is 4.90 Å². The average molecular weight is 364 g/mol. The van der Waals surface area contributed by atoms with Crippen LogP contribution >= 0.6 is 0 Å². The van der Waals surface area contributed by atoms with Gasteiger partial charge in [-0.05, 0) is 61.1 Å². The number of phenolic OH excluding ortho intramolecular Hbond substituents is 1. The molecule has 2 aliphatic heterocycles. The molecule has 2 heterocycles. The van der Waals surface area contributed by atoms with E-state index in [9.17, 15) is 14.7 Å². The normalized spacial score (nSPS) is 18.1. The number of aromatic hydroxyl groups is 1. The van der Waals surface area contributed by atoms with Gasteiger partial charge in [0, 0.05) is 37.3 Å². The Hall–Kier alpha value is -2.82. The Morgan fingerprint density at radius 1 is 1.00 bits per heavy atom. The lowest BCUT2D eigenvalue weighted by molar-refractivity contribution is -0.117. The molecule has 0 spiro atoms. The van der Waals surface area contributed by atoms with Gasteiger partial charge in [0.1, 0.15) is 5.75 Å². The Balaban J connectivity index is 1.42. The second-order valence-corrected chi connectivity index (χ2v) is 7.36. The number of amides is 2. The van der Waals surface area contributed by atoms with Crippen LogP contribution in [0.2, 0.25) is 0 Å². The van der Waals surface area contributed by atoms with Crippen LogP contribution in [0.1, 0.15) is 47.5 Å². The van der Waals surface area contributed by atoms with E-state index < -0.39 is 0 Å². The van der Waals surface area contributed by atoms with Crippen LogP contribution in [0.5, 0.6) is 5.75 Å². The molecule has 2 fully saturated rings. The zero-order valence-corrected chi connectivity index (χ0v) is 15.3. The van der Waals surface area contributed by atoms with Crippen molar-refractivity contribution in [2.24, 2.45) is 0 Å². The minimum Gasteiger partial charge on any atom is -0.508 e. The lowest BCUT2D eigenvalue weighted by Crippen LogP contribution is -2.38. The molecule has 140 valence electrons. The molecule has 2 saturated heterocycles. The summed E-state index contributed by atoms with van der Waals surface area (Å²) in [6.07, 6.45) is 3.30. The minimum absolute atomic E-state index is 0.0349. The number of likely N-dealkylation sites (tertiary alicyclic amines) is 1. The maximum atomic E-state index is 12.9. The number of rotatable bonds is 3. The van der Waals surface area contributed by atoms with Gasteiger partial charge in [0.25, 0.3) is 5.91 Å². The van der Waals surface area contributed by atoms with E-state index in [1.54, 1.807) is 17.0 Å². The van der Waals surface area contributed by atoms with Crippen LogP contribution in [0.15, 0.2) is 48.5 Å². The maximum absolute atomic E-state index is 12.9. The van der Waals surface area contributed by atoms with Gasteiger partial charge in [0.05, 0.1) is 0 Å². The molecule has 5 heteroatoms. The van der Waals surface area contributed by atoms with E-state index in [4.69, 9.17) is 0 Å². The molecule has 0 atom stereocenters. The van der Waals surface area contributed by atoms with Gasteiger partial charge in [-0.15, -0.1) is 0 Å². The SMILES string of the molecule is O=C(c1cccc(N2CCCC2=O)c1)N1CCC(c2ccc(O)cc2)CC1. The summed E-state index contributed by atoms with van der Waals surface area (Å²) >= 11 is 0. The summed E-state index contributed by atoms with van der Waals surface area (Å²) in [6, 6.07) is 14.8. The number of hydrogen-bond donors (Lipinski definition) is 1. The first-order valence-electron chi connectivity index (χ1n) is 9.60. The summed E-state index contributed by atoms with van der Waals surface area (Å²) in [7, 11) is 0. The monoisotopic (exact) mass is 364 g/mol. The van der Waals surface area contributed by atoms with Crippen molar-refractivity contribution in [2.45, 2.75) is 31.6 Å². The van der Waals surface area contributed by atoms with Gasteiger partial charge >= 0.3 is 0 Å². The fourth-order valence-corrected chi connectivity index (χ4v) is 4.07. The fourth-order valence-electron chi connectivity index (χ4n) is 4.07. The Morgan fingerprint density at radius 3 is 2.41 bits per heavy atom. The summed E-state index contributed by atoms with van der Waals surface area (Å²) < 4.78 is 0. The quantitative estimate of drug-likeness (QED) is 0.906. The molecular formula is C22H24N2O3. The fraction of sp³-hybridized carbons (Fsp3) is 0.364. The highest BCUT2D eigenvalue weighted by Gasteiger charge is 2.26. The van der Waals surface area contributed by atoms with E-state index in [0.717, 1.165) is 44.6 Å². The molecule has 4 rings (SSSR count). The van der Waals surface area contributed by atoms with Gasteiger partial charge in [-0.25, -0.2) is 0 Å². The number of benzene rings is 2. The van der Waals surface area contributed by atoms with Gasteiger partial charge in [-0.3, -0.25) is 9.59 Å². The number of nitrogens with zero attached hydrogens (tertiary/aromatic N) is 2. The molecule has 0 saturated carbocycles. The standard InChI is InChI=1S/C22H24N2O3/c25-20-8-6-16(7-9-20)17-10-13-23(14-11-17)22(27)18-3-1-4-19(15-18)24-12-2-5-21(24)26/h1,3-4,6-9,15,17,25H,2,5,10-14H2. The number of anilines is 1. The van der Waals surface area contributed by atoms with E-state index >= 15 is 0 Å². The largest absolute Gasteiger partial charge is 0.508 e. The van der Waals surface area contributed by atoms with Gasteiger partial charge in [-0.2, -0.15) is 0 Å². The summed E-state index contributed by atoms with van der Waals surface area (Å²) in [5.41, 5.74) is 2.69. The number of carbonyl (C=O) groups is 2. The molecular weight excluding hydrogens is 340 g/mol. The van der Waals surface area contributed by atoms with E-state index in [-0.39, 0.29) is 17.6 Å². The van der Waals surface area contributed by atoms with Crippen LogP contribution in [0.4, 0.5) is 5.69 Å². The highest BCUT2D eigenvalue weighted by atomic mass is 16.3. The number of phenols is 1. The molecule has 2 aliphatic rings. The molecule has 0 bridgehead atoms. The number of carbonyl (C=O) groups excluding carboxylic acids is 2. The molecule has 2 aromatic rings. The third-order valence-electron chi connectivity index (χ3n) is 5.62. The third-order valence-corrected chi connectivity index (χ3v) is 5.62. The van der Waals surface area contributed by atoms with Crippen LogP contribution in [0.25, 0.3) is 0 Å². The minimum atomic E-state index is 0.0349. The summed E-state index contributed by atoms with van der Waals surface area (Å²) in [4.78, 5) is 28.6. The molecule has 0 unspecified atom stereocenters. The first-order chi connectivity index (χ1) is 13.1. The van der Waals surface area contributed by atoms with Crippen molar-refractivity contribution in [3.05, 3.63) is 59.7 Å². The maximum Gasteiger partial charge on any atom is 0.253 e. The second kappa shape index (κ2) is 7.43. The molecule has 2 aromatic carbocycles. The lowest BCUT2D eigenvalue weighted by atomic mass is 9.89. The Kier molecular flexibility index (Phi) is 4.84. The molecule has 5 nitrogen and oxygen atoms in total. The average Bonchev–Trinajstić information content (AvgIpc) is 3.14. The first-order valence-corrected chi connectivity index (χ1v) is 9.60. The van der Waals surface area contributed by atoms with Crippen LogP contribution in [0, 0.1) is 0 Å². The van der Waals surface area contributed by atoms with Crippen molar-refractivity contribution >= 4 is 17.5 Å². The van der Waals surface area contributed by atoms with Crippen LogP contribution < -0.4 is 4.90 Å². The van der Waals surface area contributed by atoms with Crippen molar-refractivity contribution in [3.63, 3.8) is 0 Å². The Labute approximate surface area is 159 Å². The topological polar surface area (TPSA) is 60.9 Å². The van der Waals surface area contributed by atoms with E-state index in [1.807, 2.05) is 41.3 Å². The predicted octanol–water partition coefficient (Wildman–Crippen LogP) is 3.54. The highest BCUT2D eigenvalue weighted by molar-refractivity contribution is 5.99. The van der Waals surface area contributed by atoms with Gasteiger partial charge in [-0.1, -0.05) is 18.2 Å². The molecule has 0 radical (unpaired) electrons. The van der Waals surface area contributed by atoms with Crippen molar-refractivity contribution in [3.8, 4) is 5.75 Å². The smallest absolute Gasteiger partial charge is 0.253 e. The van der Waals surface area contributed by atoms with Gasteiger partial charge in [0.15, 0.2) is 0 Å². The zero-order chi connectivity index (χ0) is 18.8. The molecule has 1 N–H and O–H groups in total. The van der Waals surface area contributed by atoms with Gasteiger partial charge in [0.2, 0.25) is 5.91 Å². The van der Waals surface area contributed by atoms with Crippen molar-refractivity contribution in [2.75, 3.05) is 24.5 Å². The molecule has 0 aromatic heterocycles. The predicted molar refractivity (Wildman–Crippen MR) is 104 cm³/mol. The summed E-state index contributed by atoms with van der Waals surface area (Å²) in [5, 5.41) is 9.44. The zero-order valence-electron chi connectivity index (χ0n) is 15.3. The van der Waals surface area contributed by atoms with Crippen molar-refractivity contribution in [1.29, 1.82) is 0 Å². The Bertz CT molecular complexity index is 839. The molecule has 2 amide bonds. The second-order valence-electron chi connectivity index (χ2n) is 7.36. The highest BCUT2D eigenvalue weighted by Crippen LogP contribution is 2.30. The van der Waals surface area contributed by atoms with Crippen LogP contribution in [-0.2, 0) is 4.79 Å². The van der Waals surface area contributed by atoms with Crippen LogP contribution in [0.3, 0.4) is 0 Å². The van der Waals surface area contributed by atoms with E-state index in [0.29, 0.717) is 17.9 Å². The van der Waals surface area contributed by atoms with Crippen molar-refractivity contribution < 1.29 is 14.7 Å². The number of piperidine rings is 1.